The molecular formula is C43H78O9. The smallest absolute Gasteiger partial charge is 0.401 e. The Hall–Kier alpha value is -2.39. The highest BCUT2D eigenvalue weighted by Gasteiger charge is 2.51. The Balaban J connectivity index is 5.59. The van der Waals surface area contributed by atoms with Crippen LogP contribution in [-0.4, -0.2) is 30.7 Å². The van der Waals surface area contributed by atoms with Gasteiger partial charge < -0.3 is 9.47 Å². The van der Waals surface area contributed by atoms with Crippen LogP contribution in [0.4, 0.5) is 4.79 Å². The van der Waals surface area contributed by atoms with Crippen LogP contribution in [0.3, 0.4) is 0 Å². The fraction of sp³-hybridized carbons (Fsp3) is 0.837. The Morgan fingerprint density at radius 3 is 0.865 bits per heavy atom. The lowest BCUT2D eigenvalue weighted by atomic mass is 9.53. The Morgan fingerprint density at radius 1 is 0.442 bits per heavy atom. The van der Waals surface area contributed by atoms with Crippen LogP contribution in [0.25, 0.3) is 0 Å². The van der Waals surface area contributed by atoms with Gasteiger partial charge in [-0.15, -0.1) is 9.78 Å². The van der Waals surface area contributed by atoms with Crippen molar-refractivity contribution in [2.45, 2.75) is 164 Å². The monoisotopic (exact) mass is 739 g/mol. The molecule has 0 saturated heterocycles. The maximum Gasteiger partial charge on any atom is 0.513 e. The highest BCUT2D eigenvalue weighted by molar-refractivity contribution is 5.89. The zero-order valence-electron chi connectivity index (χ0n) is 36.8. The summed E-state index contributed by atoms with van der Waals surface area (Å²) in [5.41, 5.74) is -0.685. The average Bonchev–Trinajstić information content (AvgIpc) is 3.01. The molecule has 0 aromatic rings. The molecule has 0 heterocycles. The number of carbonyl (C=O) groups excluding carboxylic acids is 3. The van der Waals surface area contributed by atoms with E-state index in [2.05, 4.69) is 138 Å². The predicted molar refractivity (Wildman–Crippen MR) is 208 cm³/mol. The molecule has 304 valence electrons. The second kappa shape index (κ2) is 19.8. The van der Waals surface area contributed by atoms with Gasteiger partial charge in [0.1, 0.15) is 0 Å². The molecule has 0 radical (unpaired) electrons. The normalized spacial score (nSPS) is 14.5. The highest BCUT2D eigenvalue weighted by atomic mass is 17.2. The lowest BCUT2D eigenvalue weighted by molar-refractivity contribution is -0.351. The van der Waals surface area contributed by atoms with Gasteiger partial charge in [-0.05, 0) is 71.0 Å². The molecule has 0 rings (SSSR count). The summed E-state index contributed by atoms with van der Waals surface area (Å²) in [5, 5.41) is 0. The van der Waals surface area contributed by atoms with E-state index in [0.717, 1.165) is 12.8 Å². The van der Waals surface area contributed by atoms with Crippen molar-refractivity contribution in [2.24, 2.45) is 69.0 Å². The molecule has 0 aliphatic heterocycles. The molecule has 0 aliphatic carbocycles. The first-order valence-corrected chi connectivity index (χ1v) is 19.5. The summed E-state index contributed by atoms with van der Waals surface area (Å²) in [6.45, 7) is 50.1. The van der Waals surface area contributed by atoms with Crippen molar-refractivity contribution in [2.75, 3.05) is 0 Å². The van der Waals surface area contributed by atoms with E-state index in [1.165, 1.54) is 13.8 Å². The van der Waals surface area contributed by atoms with E-state index in [0.29, 0.717) is 34.8 Å². The molecule has 0 aromatic carbocycles. The number of hydrogen-bond acceptors (Lipinski definition) is 9. The summed E-state index contributed by atoms with van der Waals surface area (Å²) in [4.78, 5) is 60.0. The first-order valence-electron chi connectivity index (χ1n) is 19.5. The van der Waals surface area contributed by atoms with Crippen LogP contribution >= 0.6 is 0 Å². The molecule has 0 amide bonds. The first-order chi connectivity index (χ1) is 23.5. The van der Waals surface area contributed by atoms with Gasteiger partial charge in [-0.25, -0.2) is 14.4 Å². The predicted octanol–water partition coefficient (Wildman–Crippen LogP) is 11.9. The summed E-state index contributed by atoms with van der Waals surface area (Å²) >= 11 is 0. The third kappa shape index (κ3) is 11.3. The fourth-order valence-electron chi connectivity index (χ4n) is 8.21. The summed E-state index contributed by atoms with van der Waals surface area (Å²) in [6, 6.07) is 0. The average molecular weight is 739 g/mol. The van der Waals surface area contributed by atoms with Gasteiger partial charge in [0.15, 0.2) is 0 Å². The van der Waals surface area contributed by atoms with Gasteiger partial charge in [0.05, 0.1) is 0 Å². The van der Waals surface area contributed by atoms with Crippen LogP contribution in [-0.2, 0) is 38.6 Å². The van der Waals surface area contributed by atoms with Crippen molar-refractivity contribution in [3.05, 3.63) is 24.3 Å². The third-order valence-corrected chi connectivity index (χ3v) is 13.4. The standard InChI is InChI=1S/C43H78O9/c1-25(2)40(21,26(3)4)23-42(29(9)10,30(11)12)33(17)37(44)51-49-35(19)47-39(46)48-36(20)50-52-38(45)34(18)43(31(13)14,32(15)16)24-41(22,27(5)6)28(7)8/h25-32,35-36H,17-18,23-24H2,1-16,19-22H3. The van der Waals surface area contributed by atoms with Gasteiger partial charge in [0, 0.05) is 35.8 Å². The summed E-state index contributed by atoms with van der Waals surface area (Å²) in [6.07, 6.45) is -2.36. The number of hydrogen-bond donors (Lipinski definition) is 0. The van der Waals surface area contributed by atoms with E-state index in [9.17, 15) is 14.4 Å². The minimum absolute atomic E-state index is 0.0754. The minimum Gasteiger partial charge on any atom is -0.401 e. The van der Waals surface area contributed by atoms with Gasteiger partial charge in [-0.2, -0.15) is 0 Å². The van der Waals surface area contributed by atoms with Gasteiger partial charge >= 0.3 is 18.1 Å². The van der Waals surface area contributed by atoms with E-state index in [-0.39, 0.29) is 34.5 Å². The maximum atomic E-state index is 13.4. The van der Waals surface area contributed by atoms with Crippen molar-refractivity contribution in [3.63, 3.8) is 0 Å². The molecule has 0 fully saturated rings. The third-order valence-electron chi connectivity index (χ3n) is 13.4. The lowest BCUT2D eigenvalue weighted by Gasteiger charge is -2.51. The first kappa shape index (κ1) is 49.6. The molecule has 0 bridgehead atoms. The van der Waals surface area contributed by atoms with Crippen LogP contribution < -0.4 is 0 Å². The van der Waals surface area contributed by atoms with Crippen molar-refractivity contribution >= 4 is 18.1 Å². The topological polar surface area (TPSA) is 107 Å². The Labute approximate surface area is 318 Å². The summed E-state index contributed by atoms with van der Waals surface area (Å²) in [7, 11) is 0. The van der Waals surface area contributed by atoms with Gasteiger partial charge in [-0.1, -0.05) is 138 Å². The van der Waals surface area contributed by atoms with Crippen molar-refractivity contribution < 1.29 is 43.4 Å². The van der Waals surface area contributed by atoms with Gasteiger partial charge in [0.2, 0.25) is 12.6 Å². The largest absolute Gasteiger partial charge is 0.513 e. The van der Waals surface area contributed by atoms with Crippen molar-refractivity contribution in [1.82, 2.24) is 0 Å². The zero-order chi connectivity index (χ0) is 41.3. The maximum absolute atomic E-state index is 13.4. The molecule has 2 unspecified atom stereocenters. The molecule has 0 N–H and O–H groups in total. The van der Waals surface area contributed by atoms with E-state index < -0.39 is 41.5 Å². The van der Waals surface area contributed by atoms with Crippen LogP contribution in [0.1, 0.15) is 151 Å². The Kier molecular flexibility index (Phi) is 18.9. The van der Waals surface area contributed by atoms with E-state index in [1.54, 1.807) is 0 Å². The number of ether oxygens (including phenoxy) is 2. The van der Waals surface area contributed by atoms with Gasteiger partial charge in [-0.3, -0.25) is 9.78 Å². The Bertz CT molecular complexity index is 1070. The molecular weight excluding hydrogens is 660 g/mol. The SMILES string of the molecule is C=C(C(=O)OOC(C)OC(=O)OC(C)OOC(=O)C(=C)C(CC(C)(C(C)C)C(C)C)(C(C)C)C(C)C)C(CC(C)(C(C)C)C(C)C)(C(C)C)C(C)C. The van der Waals surface area contributed by atoms with Crippen LogP contribution in [0.2, 0.25) is 0 Å². The molecule has 0 aromatic heterocycles. The molecule has 0 spiro atoms. The summed E-state index contributed by atoms with van der Waals surface area (Å²) in [5.74, 6) is 0.299. The Morgan fingerprint density at radius 2 is 0.673 bits per heavy atom. The fourth-order valence-corrected chi connectivity index (χ4v) is 8.21. The molecule has 0 aliphatic rings. The zero-order valence-corrected chi connectivity index (χ0v) is 36.8. The molecule has 0 saturated carbocycles. The van der Waals surface area contributed by atoms with E-state index in [4.69, 9.17) is 29.0 Å². The van der Waals surface area contributed by atoms with Crippen molar-refractivity contribution in [3.8, 4) is 0 Å². The van der Waals surface area contributed by atoms with Crippen LogP contribution in [0, 0.1) is 69.0 Å². The molecule has 2 atom stereocenters. The number of carbonyl (C=O) groups is 3. The molecule has 52 heavy (non-hydrogen) atoms. The van der Waals surface area contributed by atoms with Crippen molar-refractivity contribution in [1.29, 1.82) is 0 Å². The van der Waals surface area contributed by atoms with Gasteiger partial charge in [0.25, 0.3) is 0 Å². The highest BCUT2D eigenvalue weighted by Crippen LogP contribution is 2.56. The van der Waals surface area contributed by atoms with E-state index >= 15 is 0 Å². The van der Waals surface area contributed by atoms with Crippen LogP contribution in [0.5, 0.6) is 0 Å². The summed E-state index contributed by atoms with van der Waals surface area (Å²) < 4.78 is 10.2. The second-order valence-electron chi connectivity index (χ2n) is 18.2. The van der Waals surface area contributed by atoms with E-state index in [1.807, 2.05) is 0 Å². The quantitative estimate of drug-likeness (QED) is 0.0352. The lowest BCUT2D eigenvalue weighted by Crippen LogP contribution is -2.45. The number of rotatable bonds is 22. The molecule has 9 nitrogen and oxygen atoms in total. The molecule has 9 heteroatoms. The van der Waals surface area contributed by atoms with Crippen LogP contribution in [0.15, 0.2) is 24.3 Å². The second-order valence-corrected chi connectivity index (χ2v) is 18.2. The minimum atomic E-state index is -1.32.